The zero-order valence-electron chi connectivity index (χ0n) is 11.4. The van der Waals surface area contributed by atoms with Crippen LogP contribution in [0.1, 0.15) is 0 Å². The van der Waals surface area contributed by atoms with Crippen LogP contribution in [0.3, 0.4) is 0 Å². The third kappa shape index (κ3) is 4.37. The number of nitro benzene ring substituents is 1. The summed E-state index contributed by atoms with van der Waals surface area (Å²) in [6.07, 6.45) is 0. The highest BCUT2D eigenvalue weighted by Gasteiger charge is 2.18. The molecular weight excluding hydrogens is 372 g/mol. The Labute approximate surface area is 145 Å². The maximum absolute atomic E-state index is 12.2. The molecule has 0 N–H and O–H groups in total. The van der Waals surface area contributed by atoms with E-state index < -0.39 is 11.6 Å². The molecule has 23 heavy (non-hydrogen) atoms. The molecule has 0 amide bonds. The van der Waals surface area contributed by atoms with Crippen LogP contribution in [0.4, 0.5) is 10.1 Å². The van der Waals surface area contributed by atoms with Crippen molar-refractivity contribution in [3.63, 3.8) is 0 Å². The van der Waals surface area contributed by atoms with Gasteiger partial charge in [-0.25, -0.2) is 4.39 Å². The molecule has 0 aliphatic heterocycles. The highest BCUT2D eigenvalue weighted by Crippen LogP contribution is 2.40. The predicted octanol–water partition coefficient (Wildman–Crippen LogP) is 5.70. The summed E-state index contributed by atoms with van der Waals surface area (Å²) in [6, 6.07) is 6.67. The van der Waals surface area contributed by atoms with Gasteiger partial charge in [0.25, 0.3) is 0 Å². The summed E-state index contributed by atoms with van der Waals surface area (Å²) in [6.45, 7) is -1.09. The molecule has 0 bridgehead atoms. The molecule has 0 saturated heterocycles. The number of halogens is 4. The Hall–Kier alpha value is -1.76. The Balaban J connectivity index is 2.35. The Morgan fingerprint density at radius 3 is 2.35 bits per heavy atom. The number of nitrogens with zero attached hydrogens (tertiary/aromatic N) is 1. The van der Waals surface area contributed by atoms with Crippen molar-refractivity contribution in [1.29, 1.82) is 0 Å². The van der Waals surface area contributed by atoms with Gasteiger partial charge in [0.2, 0.25) is 5.75 Å². The lowest BCUT2D eigenvalue weighted by atomic mass is 10.2. The summed E-state index contributed by atoms with van der Waals surface area (Å²) in [5.41, 5.74) is -0.306. The standard InChI is InChI=1S/C14H9Cl3FNO4/c15-8-5-10(16)14(11(17)6-8)23-9-1-2-12(19(20)21)13(7-9)22-4-3-18/h1-2,5-7H,3-4H2. The second-order valence-electron chi connectivity index (χ2n) is 4.22. The molecule has 0 unspecified atom stereocenters. The van der Waals surface area contributed by atoms with Crippen molar-refractivity contribution < 1.29 is 18.8 Å². The molecule has 0 atom stereocenters. The van der Waals surface area contributed by atoms with Crippen LogP contribution in [-0.2, 0) is 0 Å². The number of rotatable bonds is 6. The fraction of sp³-hybridized carbons (Fsp3) is 0.143. The van der Waals surface area contributed by atoms with Crippen molar-refractivity contribution in [1.82, 2.24) is 0 Å². The Morgan fingerprint density at radius 2 is 1.78 bits per heavy atom. The molecule has 2 aromatic carbocycles. The van der Waals surface area contributed by atoms with Crippen molar-refractivity contribution in [2.75, 3.05) is 13.3 Å². The van der Waals surface area contributed by atoms with E-state index in [-0.39, 0.29) is 39.6 Å². The molecule has 5 nitrogen and oxygen atoms in total. The van der Waals surface area contributed by atoms with Crippen LogP contribution >= 0.6 is 34.8 Å². The smallest absolute Gasteiger partial charge is 0.311 e. The van der Waals surface area contributed by atoms with Gasteiger partial charge in [-0.1, -0.05) is 34.8 Å². The van der Waals surface area contributed by atoms with Crippen LogP contribution in [0.15, 0.2) is 30.3 Å². The zero-order valence-corrected chi connectivity index (χ0v) is 13.7. The van der Waals surface area contributed by atoms with Gasteiger partial charge in [0.15, 0.2) is 5.75 Å². The van der Waals surface area contributed by atoms with Crippen molar-refractivity contribution >= 4 is 40.5 Å². The van der Waals surface area contributed by atoms with Gasteiger partial charge >= 0.3 is 5.69 Å². The molecular formula is C14H9Cl3FNO4. The fourth-order valence-corrected chi connectivity index (χ4v) is 2.61. The van der Waals surface area contributed by atoms with Crippen molar-refractivity contribution in [3.8, 4) is 17.2 Å². The van der Waals surface area contributed by atoms with Crippen LogP contribution in [-0.4, -0.2) is 18.2 Å². The highest BCUT2D eigenvalue weighted by molar-refractivity contribution is 6.40. The van der Waals surface area contributed by atoms with Crippen molar-refractivity contribution in [2.45, 2.75) is 0 Å². The van der Waals surface area contributed by atoms with Gasteiger partial charge in [-0.3, -0.25) is 10.1 Å². The minimum atomic E-state index is -0.781. The largest absolute Gasteiger partial charge is 0.484 e. The van der Waals surface area contributed by atoms with E-state index in [9.17, 15) is 14.5 Å². The Kier molecular flexibility index (Phi) is 5.87. The minimum Gasteiger partial charge on any atom is -0.484 e. The summed E-state index contributed by atoms with van der Waals surface area (Å²) in [4.78, 5) is 10.3. The topological polar surface area (TPSA) is 61.6 Å². The first-order chi connectivity index (χ1) is 10.9. The summed E-state index contributed by atoms with van der Waals surface area (Å²) in [5, 5.41) is 11.6. The quantitative estimate of drug-likeness (QED) is 0.476. The van der Waals surface area contributed by atoms with Crippen LogP contribution < -0.4 is 9.47 Å². The molecule has 2 rings (SSSR count). The van der Waals surface area contributed by atoms with Gasteiger partial charge in [0.1, 0.15) is 19.0 Å². The monoisotopic (exact) mass is 379 g/mol. The van der Waals surface area contributed by atoms with Gasteiger partial charge in [0, 0.05) is 17.2 Å². The van der Waals surface area contributed by atoms with Crippen LogP contribution in [0.2, 0.25) is 15.1 Å². The first-order valence-electron chi connectivity index (χ1n) is 6.22. The van der Waals surface area contributed by atoms with E-state index in [1.807, 2.05) is 0 Å². The molecule has 2 aromatic rings. The molecule has 0 heterocycles. The minimum absolute atomic E-state index is 0.119. The van der Waals surface area contributed by atoms with Crippen LogP contribution in [0, 0.1) is 10.1 Å². The van der Waals surface area contributed by atoms with Crippen molar-refractivity contribution in [3.05, 3.63) is 55.5 Å². The van der Waals surface area contributed by atoms with Crippen LogP contribution in [0.25, 0.3) is 0 Å². The predicted molar refractivity (Wildman–Crippen MR) is 86.1 cm³/mol. The lowest BCUT2D eigenvalue weighted by Crippen LogP contribution is -2.02. The van der Waals surface area contributed by atoms with E-state index in [2.05, 4.69) is 0 Å². The van der Waals surface area contributed by atoms with E-state index in [0.717, 1.165) is 0 Å². The number of alkyl halides is 1. The molecule has 0 aliphatic carbocycles. The van der Waals surface area contributed by atoms with Gasteiger partial charge in [-0.15, -0.1) is 0 Å². The second kappa shape index (κ2) is 7.68. The molecule has 0 aliphatic rings. The normalized spacial score (nSPS) is 10.4. The first kappa shape index (κ1) is 17.6. The van der Waals surface area contributed by atoms with Crippen LogP contribution in [0.5, 0.6) is 17.2 Å². The van der Waals surface area contributed by atoms with E-state index >= 15 is 0 Å². The van der Waals surface area contributed by atoms with Crippen molar-refractivity contribution in [2.24, 2.45) is 0 Å². The first-order valence-corrected chi connectivity index (χ1v) is 7.35. The third-order valence-electron chi connectivity index (χ3n) is 2.65. The molecule has 0 aromatic heterocycles. The zero-order chi connectivity index (χ0) is 17.0. The molecule has 0 spiro atoms. The summed E-state index contributed by atoms with van der Waals surface area (Å²) >= 11 is 17.8. The maximum atomic E-state index is 12.2. The molecule has 0 saturated carbocycles. The van der Waals surface area contributed by atoms with E-state index in [1.165, 1.54) is 30.3 Å². The molecule has 9 heteroatoms. The number of hydrogen-bond acceptors (Lipinski definition) is 4. The van der Waals surface area contributed by atoms with Gasteiger partial charge in [-0.2, -0.15) is 0 Å². The number of ether oxygens (including phenoxy) is 2. The van der Waals surface area contributed by atoms with E-state index in [4.69, 9.17) is 44.3 Å². The summed E-state index contributed by atoms with van der Waals surface area (Å²) in [7, 11) is 0. The highest BCUT2D eigenvalue weighted by atomic mass is 35.5. The lowest BCUT2D eigenvalue weighted by Gasteiger charge is -2.11. The van der Waals surface area contributed by atoms with Gasteiger partial charge in [-0.05, 0) is 18.2 Å². The summed E-state index contributed by atoms with van der Waals surface area (Å²) < 4.78 is 22.8. The number of benzene rings is 2. The number of nitro groups is 1. The summed E-state index contributed by atoms with van der Waals surface area (Å²) in [5.74, 6) is 0.213. The fourth-order valence-electron chi connectivity index (χ4n) is 1.72. The average Bonchev–Trinajstić information content (AvgIpc) is 2.48. The Morgan fingerprint density at radius 1 is 1.13 bits per heavy atom. The second-order valence-corrected chi connectivity index (χ2v) is 5.48. The molecule has 0 fully saturated rings. The maximum Gasteiger partial charge on any atom is 0.311 e. The average molecular weight is 381 g/mol. The van der Waals surface area contributed by atoms with Gasteiger partial charge < -0.3 is 9.47 Å². The number of hydrogen-bond donors (Lipinski definition) is 0. The third-order valence-corrected chi connectivity index (χ3v) is 3.43. The Bertz CT molecular complexity index is 719. The van der Waals surface area contributed by atoms with E-state index in [1.54, 1.807) is 0 Å². The van der Waals surface area contributed by atoms with E-state index in [0.29, 0.717) is 5.02 Å². The SMILES string of the molecule is O=[N+]([O-])c1ccc(Oc2c(Cl)cc(Cl)cc2Cl)cc1OCCF. The molecule has 0 radical (unpaired) electrons. The lowest BCUT2D eigenvalue weighted by molar-refractivity contribution is -0.385. The molecule has 122 valence electrons. The van der Waals surface area contributed by atoms with Gasteiger partial charge in [0.05, 0.1) is 15.0 Å².